The number of carbonyl (C=O) groups excluding carboxylic acids is 1. The number of hydrogen-bond donors (Lipinski definition) is 2. The maximum Gasteiger partial charge on any atom is 0.222 e. The summed E-state index contributed by atoms with van der Waals surface area (Å²) < 4.78 is 0. The number of nitrogens with two attached hydrogens (primary N) is 1. The number of amides is 1. The molecule has 0 aliphatic carbocycles. The zero-order chi connectivity index (χ0) is 15.1. The predicted molar refractivity (Wildman–Crippen MR) is 79.7 cm³/mol. The fourth-order valence-electron chi connectivity index (χ4n) is 2.01. The molecular formula is C15H23N3O2. The van der Waals surface area contributed by atoms with Crippen molar-refractivity contribution in [2.24, 2.45) is 16.8 Å². The quantitative estimate of drug-likeness (QED) is 0.360. The standard InChI is InChI=1S/C15H23N3O2/c1-11-5-4-6-13(9-11)7-8-14(19)18(3)10-12(2)15(16)17-20/h4-6,9,12,20H,7-8,10H2,1-3H3,(H2,16,17). The van der Waals surface area contributed by atoms with Crippen LogP contribution in [0.4, 0.5) is 0 Å². The van der Waals surface area contributed by atoms with Crippen molar-refractivity contribution >= 4 is 11.7 Å². The molecule has 1 amide bonds. The predicted octanol–water partition coefficient (Wildman–Crippen LogP) is 1.77. The van der Waals surface area contributed by atoms with Gasteiger partial charge in [-0.2, -0.15) is 0 Å². The van der Waals surface area contributed by atoms with Crippen LogP contribution in [0.2, 0.25) is 0 Å². The number of amidine groups is 1. The molecule has 1 aromatic carbocycles. The molecule has 110 valence electrons. The fourth-order valence-corrected chi connectivity index (χ4v) is 2.01. The SMILES string of the molecule is Cc1cccc(CCC(=O)N(C)CC(C)C(N)=NO)c1. The average molecular weight is 277 g/mol. The van der Waals surface area contributed by atoms with E-state index in [9.17, 15) is 4.79 Å². The molecule has 0 bridgehead atoms. The van der Waals surface area contributed by atoms with Crippen LogP contribution in [0.15, 0.2) is 29.4 Å². The molecule has 3 N–H and O–H groups in total. The van der Waals surface area contributed by atoms with Crippen LogP contribution in [0, 0.1) is 12.8 Å². The Morgan fingerprint density at radius 3 is 2.80 bits per heavy atom. The first-order valence-corrected chi connectivity index (χ1v) is 6.71. The highest BCUT2D eigenvalue weighted by Crippen LogP contribution is 2.08. The van der Waals surface area contributed by atoms with E-state index in [1.165, 1.54) is 5.56 Å². The molecular weight excluding hydrogens is 254 g/mol. The Hall–Kier alpha value is -2.04. The molecule has 0 saturated carbocycles. The van der Waals surface area contributed by atoms with Crippen LogP contribution in [0.1, 0.15) is 24.5 Å². The van der Waals surface area contributed by atoms with Gasteiger partial charge in [-0.1, -0.05) is 41.9 Å². The first-order valence-electron chi connectivity index (χ1n) is 6.71. The smallest absolute Gasteiger partial charge is 0.222 e. The van der Waals surface area contributed by atoms with Gasteiger partial charge in [0, 0.05) is 25.9 Å². The highest BCUT2D eigenvalue weighted by molar-refractivity contribution is 5.83. The Kier molecular flexibility index (Phi) is 6.03. The summed E-state index contributed by atoms with van der Waals surface area (Å²) >= 11 is 0. The number of nitrogens with zero attached hydrogens (tertiary/aromatic N) is 2. The van der Waals surface area contributed by atoms with Crippen LogP contribution >= 0.6 is 0 Å². The molecule has 20 heavy (non-hydrogen) atoms. The number of hydrogen-bond acceptors (Lipinski definition) is 3. The minimum Gasteiger partial charge on any atom is -0.409 e. The van der Waals surface area contributed by atoms with Gasteiger partial charge < -0.3 is 15.8 Å². The largest absolute Gasteiger partial charge is 0.409 e. The molecule has 0 aliphatic heterocycles. The van der Waals surface area contributed by atoms with Crippen molar-refractivity contribution in [3.8, 4) is 0 Å². The van der Waals surface area contributed by atoms with Crippen molar-refractivity contribution in [1.82, 2.24) is 4.90 Å². The van der Waals surface area contributed by atoms with E-state index >= 15 is 0 Å². The van der Waals surface area contributed by atoms with Crippen molar-refractivity contribution in [3.63, 3.8) is 0 Å². The molecule has 5 heteroatoms. The molecule has 0 heterocycles. The molecule has 0 aliphatic rings. The van der Waals surface area contributed by atoms with Gasteiger partial charge in [-0.05, 0) is 18.9 Å². The van der Waals surface area contributed by atoms with Crippen LogP contribution in [0.5, 0.6) is 0 Å². The van der Waals surface area contributed by atoms with Crippen LogP contribution < -0.4 is 5.73 Å². The number of aryl methyl sites for hydroxylation is 2. The molecule has 5 nitrogen and oxygen atoms in total. The second-order valence-electron chi connectivity index (χ2n) is 5.19. The second kappa shape index (κ2) is 7.53. The van der Waals surface area contributed by atoms with Gasteiger partial charge in [0.25, 0.3) is 0 Å². The number of carbonyl (C=O) groups is 1. The highest BCUT2D eigenvalue weighted by Gasteiger charge is 2.15. The van der Waals surface area contributed by atoms with E-state index in [0.29, 0.717) is 13.0 Å². The van der Waals surface area contributed by atoms with Crippen LogP contribution in [-0.2, 0) is 11.2 Å². The Morgan fingerprint density at radius 2 is 2.20 bits per heavy atom. The Labute approximate surface area is 120 Å². The third-order valence-electron chi connectivity index (χ3n) is 3.30. The van der Waals surface area contributed by atoms with E-state index in [2.05, 4.69) is 11.2 Å². The van der Waals surface area contributed by atoms with E-state index < -0.39 is 0 Å². The van der Waals surface area contributed by atoms with E-state index in [4.69, 9.17) is 10.9 Å². The zero-order valence-electron chi connectivity index (χ0n) is 12.3. The maximum absolute atomic E-state index is 12.0. The van der Waals surface area contributed by atoms with Crippen molar-refractivity contribution in [2.45, 2.75) is 26.7 Å². The van der Waals surface area contributed by atoms with Crippen LogP contribution in [-0.4, -0.2) is 35.4 Å². The number of oxime groups is 1. The summed E-state index contributed by atoms with van der Waals surface area (Å²) in [6, 6.07) is 8.15. The van der Waals surface area contributed by atoms with Crippen LogP contribution in [0.3, 0.4) is 0 Å². The van der Waals surface area contributed by atoms with Crippen molar-refractivity contribution in [3.05, 3.63) is 35.4 Å². The lowest BCUT2D eigenvalue weighted by Gasteiger charge is -2.21. The van der Waals surface area contributed by atoms with Gasteiger partial charge >= 0.3 is 0 Å². The minimum absolute atomic E-state index is 0.0593. The van der Waals surface area contributed by atoms with E-state index in [-0.39, 0.29) is 17.7 Å². The Bertz CT molecular complexity index is 486. The summed E-state index contributed by atoms with van der Waals surface area (Å²) in [5.74, 6) is 0.0420. The average Bonchev–Trinajstić information content (AvgIpc) is 2.43. The first kappa shape index (κ1) is 16.0. The summed E-state index contributed by atoms with van der Waals surface area (Å²) in [7, 11) is 1.74. The van der Waals surface area contributed by atoms with Gasteiger partial charge in [0.2, 0.25) is 5.91 Å². The monoisotopic (exact) mass is 277 g/mol. The maximum atomic E-state index is 12.0. The van der Waals surface area contributed by atoms with Crippen molar-refractivity contribution in [2.75, 3.05) is 13.6 Å². The molecule has 1 rings (SSSR count). The second-order valence-corrected chi connectivity index (χ2v) is 5.19. The van der Waals surface area contributed by atoms with E-state index in [0.717, 1.165) is 12.0 Å². The molecule has 0 radical (unpaired) electrons. The molecule has 0 spiro atoms. The lowest BCUT2D eigenvalue weighted by molar-refractivity contribution is -0.130. The fraction of sp³-hybridized carbons (Fsp3) is 0.467. The Balaban J connectivity index is 2.46. The van der Waals surface area contributed by atoms with Crippen molar-refractivity contribution < 1.29 is 10.0 Å². The number of rotatable bonds is 6. The Morgan fingerprint density at radius 1 is 1.50 bits per heavy atom. The molecule has 1 unspecified atom stereocenters. The molecule has 1 atom stereocenters. The normalized spacial score (nSPS) is 13.1. The summed E-state index contributed by atoms with van der Waals surface area (Å²) in [5, 5.41) is 11.6. The summed E-state index contributed by atoms with van der Waals surface area (Å²) in [4.78, 5) is 13.7. The number of benzene rings is 1. The lowest BCUT2D eigenvalue weighted by atomic mass is 10.1. The summed E-state index contributed by atoms with van der Waals surface area (Å²) in [5.41, 5.74) is 7.87. The van der Waals surface area contributed by atoms with E-state index in [1.807, 2.05) is 32.0 Å². The third kappa shape index (κ3) is 4.91. The third-order valence-corrected chi connectivity index (χ3v) is 3.30. The minimum atomic E-state index is -0.159. The van der Waals surface area contributed by atoms with Gasteiger partial charge in [-0.25, -0.2) is 0 Å². The molecule has 0 aromatic heterocycles. The lowest BCUT2D eigenvalue weighted by Crippen LogP contribution is -2.36. The summed E-state index contributed by atoms with van der Waals surface area (Å²) in [6.45, 7) is 4.30. The van der Waals surface area contributed by atoms with Gasteiger partial charge in [0.05, 0.1) is 0 Å². The topological polar surface area (TPSA) is 78.9 Å². The van der Waals surface area contributed by atoms with E-state index in [1.54, 1.807) is 11.9 Å². The molecule has 0 saturated heterocycles. The highest BCUT2D eigenvalue weighted by atomic mass is 16.4. The van der Waals surface area contributed by atoms with Crippen molar-refractivity contribution in [1.29, 1.82) is 0 Å². The first-order chi connectivity index (χ1) is 9.43. The molecule has 1 aromatic rings. The van der Waals surface area contributed by atoms with Gasteiger partial charge in [0.1, 0.15) is 5.84 Å². The van der Waals surface area contributed by atoms with Gasteiger partial charge in [-0.15, -0.1) is 0 Å². The summed E-state index contributed by atoms with van der Waals surface area (Å²) in [6.07, 6.45) is 1.19. The molecule has 0 fully saturated rings. The van der Waals surface area contributed by atoms with Gasteiger partial charge in [-0.3, -0.25) is 4.79 Å². The van der Waals surface area contributed by atoms with Crippen LogP contribution in [0.25, 0.3) is 0 Å². The zero-order valence-corrected chi connectivity index (χ0v) is 12.3. The van der Waals surface area contributed by atoms with Gasteiger partial charge in [0.15, 0.2) is 0 Å².